The maximum absolute atomic E-state index is 5.05. The minimum atomic E-state index is 0.680. The van der Waals surface area contributed by atoms with E-state index in [9.17, 15) is 0 Å². The van der Waals surface area contributed by atoms with Crippen molar-refractivity contribution in [2.45, 2.75) is 38.2 Å². The van der Waals surface area contributed by atoms with E-state index in [2.05, 4.69) is 23.8 Å². The van der Waals surface area contributed by atoms with Gasteiger partial charge in [0, 0.05) is 10.9 Å². The number of hydrogen-bond donors (Lipinski definition) is 1. The van der Waals surface area contributed by atoms with Crippen molar-refractivity contribution >= 4 is 24.0 Å². The SMILES string of the molecule is CCC(C)SCc1nc(=S)cc(C)[nH]1. The second-order valence-electron chi connectivity index (χ2n) is 3.38. The van der Waals surface area contributed by atoms with Gasteiger partial charge in [-0.1, -0.05) is 26.1 Å². The van der Waals surface area contributed by atoms with Crippen LogP contribution in [0, 0.1) is 11.6 Å². The fourth-order valence-electron chi connectivity index (χ4n) is 1.05. The summed E-state index contributed by atoms with van der Waals surface area (Å²) < 4.78 is 0.681. The standard InChI is InChI=1S/C10H16N2S2/c1-4-8(3)14-6-9-11-7(2)5-10(13)12-9/h5,8H,4,6H2,1-3H3,(H,11,12,13). The Hall–Kier alpha value is -0.350. The highest BCUT2D eigenvalue weighted by molar-refractivity contribution is 7.99. The van der Waals surface area contributed by atoms with Crippen molar-refractivity contribution < 1.29 is 0 Å². The van der Waals surface area contributed by atoms with Crippen LogP contribution in [0.15, 0.2) is 6.07 Å². The summed E-state index contributed by atoms with van der Waals surface area (Å²) in [6.45, 7) is 6.44. The van der Waals surface area contributed by atoms with Crippen molar-refractivity contribution in [1.82, 2.24) is 9.97 Å². The van der Waals surface area contributed by atoms with Crippen LogP contribution in [0.25, 0.3) is 0 Å². The molecule has 1 atom stereocenters. The zero-order valence-corrected chi connectivity index (χ0v) is 10.5. The molecular formula is C10H16N2S2. The summed E-state index contributed by atoms with van der Waals surface area (Å²) in [6, 6.07) is 1.88. The second-order valence-corrected chi connectivity index (χ2v) is 5.22. The molecule has 0 aromatic carbocycles. The number of hydrogen-bond acceptors (Lipinski definition) is 3. The van der Waals surface area contributed by atoms with Crippen LogP contribution in [0.2, 0.25) is 0 Å². The van der Waals surface area contributed by atoms with Gasteiger partial charge in [0.15, 0.2) is 0 Å². The van der Waals surface area contributed by atoms with Gasteiger partial charge >= 0.3 is 0 Å². The molecule has 0 radical (unpaired) electrons. The van der Waals surface area contributed by atoms with Crippen LogP contribution in [0.3, 0.4) is 0 Å². The van der Waals surface area contributed by atoms with Crippen molar-refractivity contribution in [2.24, 2.45) is 0 Å². The molecule has 0 aliphatic heterocycles. The fraction of sp³-hybridized carbons (Fsp3) is 0.600. The van der Waals surface area contributed by atoms with Crippen molar-refractivity contribution in [2.75, 3.05) is 0 Å². The Labute approximate surface area is 94.5 Å². The van der Waals surface area contributed by atoms with Gasteiger partial charge in [0.1, 0.15) is 10.5 Å². The molecule has 1 aromatic heterocycles. The molecule has 0 saturated heterocycles. The van der Waals surface area contributed by atoms with E-state index in [4.69, 9.17) is 12.2 Å². The third-order valence-corrected chi connectivity index (χ3v) is 3.56. The van der Waals surface area contributed by atoms with Crippen LogP contribution < -0.4 is 0 Å². The number of rotatable bonds is 4. The number of nitrogens with one attached hydrogen (secondary N) is 1. The Balaban J connectivity index is 2.63. The van der Waals surface area contributed by atoms with E-state index in [1.54, 1.807) is 0 Å². The van der Waals surface area contributed by atoms with Crippen LogP contribution >= 0.6 is 24.0 Å². The van der Waals surface area contributed by atoms with Gasteiger partial charge in [-0.15, -0.1) is 0 Å². The van der Waals surface area contributed by atoms with Gasteiger partial charge in [-0.25, -0.2) is 4.98 Å². The lowest BCUT2D eigenvalue weighted by Crippen LogP contribution is -1.99. The Bertz CT molecular complexity index is 346. The third kappa shape index (κ3) is 3.80. The molecule has 0 amide bonds. The van der Waals surface area contributed by atoms with Crippen molar-refractivity contribution in [3.63, 3.8) is 0 Å². The average molecular weight is 228 g/mol. The first-order valence-electron chi connectivity index (χ1n) is 4.80. The molecule has 1 rings (SSSR count). The van der Waals surface area contributed by atoms with Gasteiger partial charge in [0.05, 0.1) is 5.75 Å². The largest absolute Gasteiger partial charge is 0.347 e. The maximum atomic E-state index is 5.05. The highest BCUT2D eigenvalue weighted by Gasteiger charge is 2.01. The summed E-state index contributed by atoms with van der Waals surface area (Å²) in [5.74, 6) is 1.90. The van der Waals surface area contributed by atoms with E-state index in [0.29, 0.717) is 9.89 Å². The molecule has 0 bridgehead atoms. The molecule has 0 saturated carbocycles. The summed E-state index contributed by atoms with van der Waals surface area (Å²) in [4.78, 5) is 7.51. The van der Waals surface area contributed by atoms with Gasteiger partial charge in [-0.2, -0.15) is 11.8 Å². The zero-order chi connectivity index (χ0) is 10.6. The summed E-state index contributed by atoms with van der Waals surface area (Å²) in [6.07, 6.45) is 1.19. The molecule has 14 heavy (non-hydrogen) atoms. The minimum absolute atomic E-state index is 0.680. The fourth-order valence-corrected chi connectivity index (χ4v) is 2.15. The summed E-state index contributed by atoms with van der Waals surface area (Å²) in [7, 11) is 0. The molecule has 78 valence electrons. The lowest BCUT2D eigenvalue weighted by molar-refractivity contribution is 0.899. The Kier molecular flexibility index (Phi) is 4.62. The summed E-state index contributed by atoms with van der Waals surface area (Å²) in [5, 5.41) is 0.680. The summed E-state index contributed by atoms with van der Waals surface area (Å²) >= 11 is 6.96. The molecule has 0 aliphatic carbocycles. The van der Waals surface area contributed by atoms with E-state index in [1.807, 2.05) is 24.8 Å². The topological polar surface area (TPSA) is 28.7 Å². The minimum Gasteiger partial charge on any atom is -0.347 e. The quantitative estimate of drug-likeness (QED) is 0.800. The van der Waals surface area contributed by atoms with Gasteiger partial charge in [0.2, 0.25) is 0 Å². The average Bonchev–Trinajstić information content (AvgIpc) is 2.12. The molecule has 2 nitrogen and oxygen atoms in total. The monoisotopic (exact) mass is 228 g/mol. The number of nitrogens with zero attached hydrogens (tertiary/aromatic N) is 1. The van der Waals surface area contributed by atoms with E-state index in [1.165, 1.54) is 6.42 Å². The highest BCUT2D eigenvalue weighted by Crippen LogP contribution is 2.17. The first-order valence-corrected chi connectivity index (χ1v) is 6.26. The predicted octanol–water partition coefficient (Wildman–Crippen LogP) is 3.48. The molecule has 1 N–H and O–H groups in total. The van der Waals surface area contributed by atoms with Crippen molar-refractivity contribution in [1.29, 1.82) is 0 Å². The molecule has 1 unspecified atom stereocenters. The predicted molar refractivity (Wildman–Crippen MR) is 65.2 cm³/mol. The van der Waals surface area contributed by atoms with Gasteiger partial charge < -0.3 is 4.98 Å². The maximum Gasteiger partial charge on any atom is 0.130 e. The lowest BCUT2D eigenvalue weighted by Gasteiger charge is -2.07. The summed E-state index contributed by atoms with van der Waals surface area (Å²) in [5.41, 5.74) is 1.09. The molecular weight excluding hydrogens is 212 g/mol. The van der Waals surface area contributed by atoms with E-state index >= 15 is 0 Å². The van der Waals surface area contributed by atoms with Crippen LogP contribution in [0.5, 0.6) is 0 Å². The molecule has 1 aromatic rings. The van der Waals surface area contributed by atoms with E-state index in [0.717, 1.165) is 17.3 Å². The molecule has 0 spiro atoms. The number of aromatic amines is 1. The Morgan fingerprint density at radius 2 is 2.36 bits per heavy atom. The third-order valence-electron chi connectivity index (χ3n) is 2.01. The Morgan fingerprint density at radius 3 is 2.93 bits per heavy atom. The van der Waals surface area contributed by atoms with Crippen molar-refractivity contribution in [3.05, 3.63) is 22.2 Å². The van der Waals surface area contributed by atoms with E-state index < -0.39 is 0 Å². The first-order chi connectivity index (χ1) is 6.61. The van der Waals surface area contributed by atoms with Crippen LogP contribution in [0.1, 0.15) is 31.8 Å². The number of H-pyrrole nitrogens is 1. The molecule has 0 aliphatic rings. The van der Waals surface area contributed by atoms with Crippen LogP contribution in [0.4, 0.5) is 0 Å². The number of thioether (sulfide) groups is 1. The molecule has 1 heterocycles. The van der Waals surface area contributed by atoms with Crippen LogP contribution in [-0.4, -0.2) is 15.2 Å². The van der Waals surface area contributed by atoms with Gasteiger partial charge in [0.25, 0.3) is 0 Å². The van der Waals surface area contributed by atoms with Gasteiger partial charge in [-0.3, -0.25) is 0 Å². The number of aryl methyl sites for hydroxylation is 1. The normalized spacial score (nSPS) is 12.8. The number of aromatic nitrogens is 2. The first kappa shape index (κ1) is 11.7. The Morgan fingerprint density at radius 1 is 1.64 bits per heavy atom. The highest BCUT2D eigenvalue weighted by atomic mass is 32.2. The lowest BCUT2D eigenvalue weighted by atomic mass is 10.4. The molecule has 0 fully saturated rings. The zero-order valence-electron chi connectivity index (χ0n) is 8.83. The molecule has 4 heteroatoms. The van der Waals surface area contributed by atoms with Crippen LogP contribution in [-0.2, 0) is 5.75 Å². The van der Waals surface area contributed by atoms with Crippen molar-refractivity contribution in [3.8, 4) is 0 Å². The second kappa shape index (κ2) is 5.51. The smallest absolute Gasteiger partial charge is 0.130 e. The van der Waals surface area contributed by atoms with Gasteiger partial charge in [-0.05, 0) is 19.4 Å². The van der Waals surface area contributed by atoms with E-state index in [-0.39, 0.29) is 0 Å².